The molecule has 1 rings (SSSR count). The summed E-state index contributed by atoms with van der Waals surface area (Å²) in [4.78, 5) is 10.9. The lowest BCUT2D eigenvalue weighted by atomic mass is 9.96. The second-order valence-corrected chi connectivity index (χ2v) is 3.39. The van der Waals surface area contributed by atoms with E-state index in [0.717, 1.165) is 0 Å². The number of aromatic hydroxyl groups is 2. The smallest absolute Gasteiger partial charge is 0.310 e. The van der Waals surface area contributed by atoms with Crippen LogP contribution in [0.4, 0.5) is 0 Å². The van der Waals surface area contributed by atoms with Gasteiger partial charge in [0.2, 0.25) is 5.75 Å². The molecular formula is C11H14O5. The zero-order valence-electron chi connectivity index (χ0n) is 9.10. The van der Waals surface area contributed by atoms with E-state index in [1.807, 2.05) is 0 Å². The number of phenolic OH excluding ortho intramolecular Hbond substituents is 2. The number of methoxy groups -OCH3 is 1. The molecule has 0 amide bonds. The van der Waals surface area contributed by atoms with E-state index in [9.17, 15) is 15.0 Å². The molecule has 88 valence electrons. The Morgan fingerprint density at radius 1 is 1.44 bits per heavy atom. The van der Waals surface area contributed by atoms with Gasteiger partial charge in [-0.3, -0.25) is 4.79 Å². The first kappa shape index (κ1) is 12.2. The van der Waals surface area contributed by atoms with E-state index < -0.39 is 11.9 Å². The van der Waals surface area contributed by atoms with Crippen molar-refractivity contribution in [1.82, 2.24) is 0 Å². The standard InChI is InChI=1S/C11H14O5/c1-3-7(11(14)15)6-4-8(12)10(13)9(5-6)16-2/h4-5,7,12-13H,3H2,1-2H3,(H,14,15). The van der Waals surface area contributed by atoms with Crippen LogP contribution in [0.15, 0.2) is 12.1 Å². The van der Waals surface area contributed by atoms with Gasteiger partial charge in [-0.1, -0.05) is 6.92 Å². The van der Waals surface area contributed by atoms with Crippen molar-refractivity contribution in [3.63, 3.8) is 0 Å². The Kier molecular flexibility index (Phi) is 3.60. The lowest BCUT2D eigenvalue weighted by molar-refractivity contribution is -0.138. The number of ether oxygens (including phenoxy) is 1. The third-order valence-electron chi connectivity index (χ3n) is 2.41. The van der Waals surface area contributed by atoms with Crippen molar-refractivity contribution in [2.75, 3.05) is 7.11 Å². The Bertz CT molecular complexity index is 400. The summed E-state index contributed by atoms with van der Waals surface area (Å²) in [7, 11) is 1.33. The summed E-state index contributed by atoms with van der Waals surface area (Å²) in [6, 6.07) is 2.65. The molecule has 3 N–H and O–H groups in total. The Balaban J connectivity index is 3.24. The fourth-order valence-corrected chi connectivity index (χ4v) is 1.52. The summed E-state index contributed by atoms with van der Waals surface area (Å²) in [5.41, 5.74) is 0.405. The molecule has 5 nitrogen and oxygen atoms in total. The van der Waals surface area contributed by atoms with Crippen LogP contribution in [0.1, 0.15) is 24.8 Å². The van der Waals surface area contributed by atoms with E-state index in [1.54, 1.807) is 6.92 Å². The van der Waals surface area contributed by atoms with Crippen molar-refractivity contribution >= 4 is 5.97 Å². The number of rotatable bonds is 4. The minimum absolute atomic E-state index is 0.0645. The monoisotopic (exact) mass is 226 g/mol. The van der Waals surface area contributed by atoms with Crippen LogP contribution >= 0.6 is 0 Å². The summed E-state index contributed by atoms with van der Waals surface area (Å²) >= 11 is 0. The van der Waals surface area contributed by atoms with Crippen LogP contribution in [0, 0.1) is 0 Å². The maximum atomic E-state index is 10.9. The molecule has 0 saturated heterocycles. The van der Waals surface area contributed by atoms with Crippen molar-refractivity contribution < 1.29 is 24.9 Å². The highest BCUT2D eigenvalue weighted by Crippen LogP contribution is 2.38. The number of hydrogen-bond acceptors (Lipinski definition) is 4. The highest BCUT2D eigenvalue weighted by atomic mass is 16.5. The topological polar surface area (TPSA) is 87.0 Å². The lowest BCUT2D eigenvalue weighted by Crippen LogP contribution is -2.10. The first-order valence-electron chi connectivity index (χ1n) is 4.83. The molecule has 0 aliphatic rings. The van der Waals surface area contributed by atoms with Crippen molar-refractivity contribution in [1.29, 1.82) is 0 Å². The van der Waals surface area contributed by atoms with Gasteiger partial charge in [0.1, 0.15) is 0 Å². The summed E-state index contributed by atoms with van der Waals surface area (Å²) in [6.45, 7) is 1.73. The van der Waals surface area contributed by atoms with E-state index in [2.05, 4.69) is 0 Å². The molecule has 0 saturated carbocycles. The summed E-state index contributed by atoms with van der Waals surface area (Å²) < 4.78 is 4.84. The fourth-order valence-electron chi connectivity index (χ4n) is 1.52. The molecule has 0 spiro atoms. The SMILES string of the molecule is CCC(C(=O)O)c1cc(O)c(O)c(OC)c1. The second kappa shape index (κ2) is 4.74. The van der Waals surface area contributed by atoms with E-state index in [-0.39, 0.29) is 17.2 Å². The van der Waals surface area contributed by atoms with E-state index in [4.69, 9.17) is 9.84 Å². The molecule has 0 bridgehead atoms. The highest BCUT2D eigenvalue weighted by molar-refractivity contribution is 5.76. The third-order valence-corrected chi connectivity index (χ3v) is 2.41. The summed E-state index contributed by atoms with van der Waals surface area (Å²) in [5.74, 6) is -2.40. The molecule has 0 aliphatic carbocycles. The molecule has 0 fully saturated rings. The number of aliphatic carboxylic acids is 1. The predicted molar refractivity (Wildman–Crippen MR) is 57.0 cm³/mol. The van der Waals surface area contributed by atoms with Gasteiger partial charge in [0.05, 0.1) is 13.0 Å². The van der Waals surface area contributed by atoms with Gasteiger partial charge < -0.3 is 20.1 Å². The molecule has 0 heterocycles. The minimum atomic E-state index is -0.977. The lowest BCUT2D eigenvalue weighted by Gasteiger charge is -2.13. The molecule has 0 aliphatic heterocycles. The first-order valence-corrected chi connectivity index (χ1v) is 4.83. The number of benzene rings is 1. The maximum absolute atomic E-state index is 10.9. The first-order chi connectivity index (χ1) is 7.51. The molecule has 1 atom stereocenters. The normalized spacial score (nSPS) is 12.1. The van der Waals surface area contributed by atoms with Gasteiger partial charge in [0.25, 0.3) is 0 Å². The van der Waals surface area contributed by atoms with Gasteiger partial charge in [-0.25, -0.2) is 0 Å². The average Bonchev–Trinajstić information content (AvgIpc) is 2.23. The minimum Gasteiger partial charge on any atom is -0.504 e. The van der Waals surface area contributed by atoms with Crippen LogP contribution in [0.25, 0.3) is 0 Å². The molecule has 0 aromatic heterocycles. The molecule has 5 heteroatoms. The zero-order chi connectivity index (χ0) is 12.3. The predicted octanol–water partition coefficient (Wildman–Crippen LogP) is 1.68. The number of carbonyl (C=O) groups is 1. The Morgan fingerprint density at radius 2 is 2.06 bits per heavy atom. The molecule has 0 radical (unpaired) electrons. The van der Waals surface area contributed by atoms with E-state index in [1.165, 1.54) is 19.2 Å². The van der Waals surface area contributed by atoms with Gasteiger partial charge in [0.15, 0.2) is 11.5 Å². The van der Waals surface area contributed by atoms with E-state index in [0.29, 0.717) is 12.0 Å². The van der Waals surface area contributed by atoms with Crippen LogP contribution in [0.2, 0.25) is 0 Å². The van der Waals surface area contributed by atoms with Crippen LogP contribution in [-0.4, -0.2) is 28.4 Å². The average molecular weight is 226 g/mol. The van der Waals surface area contributed by atoms with Crippen LogP contribution < -0.4 is 4.74 Å². The van der Waals surface area contributed by atoms with E-state index >= 15 is 0 Å². The maximum Gasteiger partial charge on any atom is 0.310 e. The van der Waals surface area contributed by atoms with Crippen LogP contribution in [0.3, 0.4) is 0 Å². The van der Waals surface area contributed by atoms with Gasteiger partial charge in [-0.15, -0.1) is 0 Å². The van der Waals surface area contributed by atoms with Crippen molar-refractivity contribution in [3.05, 3.63) is 17.7 Å². The Labute approximate surface area is 92.9 Å². The Hall–Kier alpha value is -1.91. The van der Waals surface area contributed by atoms with Crippen LogP contribution in [0.5, 0.6) is 17.2 Å². The van der Waals surface area contributed by atoms with Crippen molar-refractivity contribution in [2.24, 2.45) is 0 Å². The second-order valence-electron chi connectivity index (χ2n) is 3.39. The number of hydrogen-bond donors (Lipinski definition) is 3. The van der Waals surface area contributed by atoms with Gasteiger partial charge in [0, 0.05) is 0 Å². The fraction of sp³-hybridized carbons (Fsp3) is 0.364. The van der Waals surface area contributed by atoms with Gasteiger partial charge in [-0.2, -0.15) is 0 Å². The molecule has 1 aromatic rings. The van der Waals surface area contributed by atoms with Crippen LogP contribution in [-0.2, 0) is 4.79 Å². The van der Waals surface area contributed by atoms with Gasteiger partial charge >= 0.3 is 5.97 Å². The highest BCUT2D eigenvalue weighted by Gasteiger charge is 2.21. The largest absolute Gasteiger partial charge is 0.504 e. The third kappa shape index (κ3) is 2.18. The molecule has 16 heavy (non-hydrogen) atoms. The number of carboxylic acids is 1. The Morgan fingerprint density at radius 3 is 2.50 bits per heavy atom. The summed E-state index contributed by atoms with van der Waals surface area (Å²) in [6.07, 6.45) is 0.392. The quantitative estimate of drug-likeness (QED) is 0.680. The molecule has 1 aromatic carbocycles. The molecule has 1 unspecified atom stereocenters. The molecular weight excluding hydrogens is 212 g/mol. The van der Waals surface area contributed by atoms with Gasteiger partial charge in [-0.05, 0) is 24.1 Å². The number of phenols is 2. The summed E-state index contributed by atoms with van der Waals surface area (Å²) in [5, 5.41) is 27.8. The van der Waals surface area contributed by atoms with Crippen molar-refractivity contribution in [2.45, 2.75) is 19.3 Å². The van der Waals surface area contributed by atoms with Crippen molar-refractivity contribution in [3.8, 4) is 17.2 Å². The number of carboxylic acid groups (broad SMARTS) is 1. The zero-order valence-corrected chi connectivity index (χ0v) is 9.10.